The van der Waals surface area contributed by atoms with Crippen molar-refractivity contribution in [2.24, 2.45) is 0 Å². The molecule has 0 aliphatic rings. The van der Waals surface area contributed by atoms with Crippen LogP contribution in [0.4, 0.5) is 0 Å². The minimum atomic E-state index is -0.226. The first-order valence-corrected chi connectivity index (χ1v) is 6.49. The maximum atomic E-state index is 11.4. The number of benzene rings is 1. The van der Waals surface area contributed by atoms with E-state index in [2.05, 4.69) is 6.92 Å². The van der Waals surface area contributed by atoms with Crippen molar-refractivity contribution in [2.45, 2.75) is 33.1 Å². The zero-order valence-corrected chi connectivity index (χ0v) is 11.5. The summed E-state index contributed by atoms with van der Waals surface area (Å²) >= 11 is 0. The van der Waals surface area contributed by atoms with Gasteiger partial charge in [0, 0.05) is 0 Å². The Balaban J connectivity index is 2.52. The third-order valence-corrected chi connectivity index (χ3v) is 2.44. The fraction of sp³-hybridized carbons (Fsp3) is 0.467. The van der Waals surface area contributed by atoms with E-state index >= 15 is 0 Å². The standard InChI is InChI=1S/C15H20O4/c1-3-4-9-18-14-7-5-6-8-15(14)19-11-13(17)10-12(2)16/h5-8H,3-4,9-11H2,1-2H3. The molecule has 1 rings (SSSR count). The number of rotatable bonds is 9. The molecule has 4 nitrogen and oxygen atoms in total. The summed E-state index contributed by atoms with van der Waals surface area (Å²) in [6, 6.07) is 7.23. The predicted octanol–water partition coefficient (Wildman–Crippen LogP) is 2.79. The summed E-state index contributed by atoms with van der Waals surface area (Å²) in [4.78, 5) is 22.2. The van der Waals surface area contributed by atoms with E-state index in [0.29, 0.717) is 18.1 Å². The molecule has 0 spiro atoms. The van der Waals surface area contributed by atoms with E-state index in [9.17, 15) is 9.59 Å². The van der Waals surface area contributed by atoms with Gasteiger partial charge in [-0.1, -0.05) is 25.5 Å². The SMILES string of the molecule is CCCCOc1ccccc1OCC(=O)CC(C)=O. The van der Waals surface area contributed by atoms with Crippen molar-refractivity contribution in [3.8, 4) is 11.5 Å². The molecule has 0 aliphatic carbocycles. The molecule has 1 aromatic carbocycles. The van der Waals surface area contributed by atoms with Crippen molar-refractivity contribution in [2.75, 3.05) is 13.2 Å². The summed E-state index contributed by atoms with van der Waals surface area (Å²) in [5.74, 6) is 0.791. The Morgan fingerprint density at radius 3 is 2.32 bits per heavy atom. The van der Waals surface area contributed by atoms with Gasteiger partial charge < -0.3 is 9.47 Å². The van der Waals surface area contributed by atoms with Crippen LogP contribution in [0.2, 0.25) is 0 Å². The highest BCUT2D eigenvalue weighted by Crippen LogP contribution is 2.26. The molecule has 0 aliphatic heterocycles. The van der Waals surface area contributed by atoms with Gasteiger partial charge in [0.1, 0.15) is 12.4 Å². The van der Waals surface area contributed by atoms with Crippen LogP contribution in [0.5, 0.6) is 11.5 Å². The fourth-order valence-corrected chi connectivity index (χ4v) is 1.50. The Hall–Kier alpha value is -1.84. The summed E-state index contributed by atoms with van der Waals surface area (Å²) in [7, 11) is 0. The number of para-hydroxylation sites is 2. The molecule has 1 aromatic rings. The molecule has 104 valence electrons. The number of hydrogen-bond donors (Lipinski definition) is 0. The molecule has 0 saturated heterocycles. The second kappa shape index (κ2) is 8.29. The first-order chi connectivity index (χ1) is 9.13. The van der Waals surface area contributed by atoms with Gasteiger partial charge in [0.15, 0.2) is 17.3 Å². The van der Waals surface area contributed by atoms with Gasteiger partial charge in [-0.2, -0.15) is 0 Å². The van der Waals surface area contributed by atoms with Crippen LogP contribution in [0.1, 0.15) is 33.1 Å². The third kappa shape index (κ3) is 6.04. The molecular formula is C15H20O4. The third-order valence-electron chi connectivity index (χ3n) is 2.44. The van der Waals surface area contributed by atoms with Crippen molar-refractivity contribution < 1.29 is 19.1 Å². The summed E-state index contributed by atoms with van der Waals surface area (Å²) in [6.07, 6.45) is 1.94. The first kappa shape index (κ1) is 15.2. The van der Waals surface area contributed by atoms with E-state index < -0.39 is 0 Å². The number of carbonyl (C=O) groups is 2. The molecule has 0 unspecified atom stereocenters. The van der Waals surface area contributed by atoms with Crippen LogP contribution >= 0.6 is 0 Å². The molecule has 0 heterocycles. The van der Waals surface area contributed by atoms with Gasteiger partial charge in [0.25, 0.3) is 0 Å². The van der Waals surface area contributed by atoms with Crippen LogP contribution in [0.25, 0.3) is 0 Å². The summed E-state index contributed by atoms with van der Waals surface area (Å²) < 4.78 is 11.0. The number of hydrogen-bond acceptors (Lipinski definition) is 4. The van der Waals surface area contributed by atoms with Crippen LogP contribution < -0.4 is 9.47 Å². The summed E-state index contributed by atoms with van der Waals surface area (Å²) in [6.45, 7) is 4.00. The van der Waals surface area contributed by atoms with Gasteiger partial charge in [0.2, 0.25) is 0 Å². The van der Waals surface area contributed by atoms with Crippen molar-refractivity contribution in [1.29, 1.82) is 0 Å². The molecule has 0 radical (unpaired) electrons. The monoisotopic (exact) mass is 264 g/mol. The Kier molecular flexibility index (Phi) is 6.64. The second-order valence-corrected chi connectivity index (χ2v) is 4.35. The molecule has 0 atom stereocenters. The normalized spacial score (nSPS) is 10.0. The molecule has 19 heavy (non-hydrogen) atoms. The van der Waals surface area contributed by atoms with Crippen molar-refractivity contribution in [3.05, 3.63) is 24.3 Å². The quantitative estimate of drug-likeness (QED) is 0.508. The molecule has 4 heteroatoms. The molecular weight excluding hydrogens is 244 g/mol. The fourth-order valence-electron chi connectivity index (χ4n) is 1.50. The Morgan fingerprint density at radius 2 is 1.74 bits per heavy atom. The van der Waals surface area contributed by atoms with E-state index in [-0.39, 0.29) is 24.6 Å². The maximum Gasteiger partial charge on any atom is 0.177 e. The maximum absolute atomic E-state index is 11.4. The Morgan fingerprint density at radius 1 is 1.11 bits per heavy atom. The van der Waals surface area contributed by atoms with Crippen LogP contribution in [0.15, 0.2) is 24.3 Å². The highest BCUT2D eigenvalue weighted by molar-refractivity contribution is 5.98. The lowest BCUT2D eigenvalue weighted by atomic mass is 10.2. The molecule has 0 saturated carbocycles. The summed E-state index contributed by atoms with van der Waals surface area (Å²) in [5, 5.41) is 0. The van der Waals surface area contributed by atoms with E-state index in [4.69, 9.17) is 9.47 Å². The van der Waals surface area contributed by atoms with Crippen LogP contribution in [0, 0.1) is 0 Å². The number of Topliss-reactive ketones (excluding diaryl/α,β-unsaturated/α-hetero) is 2. The highest BCUT2D eigenvalue weighted by Gasteiger charge is 2.09. The number of ketones is 2. The molecule has 0 bridgehead atoms. The zero-order valence-electron chi connectivity index (χ0n) is 11.5. The smallest absolute Gasteiger partial charge is 0.177 e. The van der Waals surface area contributed by atoms with Gasteiger partial charge in [-0.25, -0.2) is 0 Å². The molecule has 0 N–H and O–H groups in total. The highest BCUT2D eigenvalue weighted by atomic mass is 16.5. The molecule has 0 aromatic heterocycles. The van der Waals surface area contributed by atoms with E-state index in [1.54, 1.807) is 12.1 Å². The minimum absolute atomic E-state index is 0.0845. The largest absolute Gasteiger partial charge is 0.490 e. The van der Waals surface area contributed by atoms with Crippen molar-refractivity contribution in [1.82, 2.24) is 0 Å². The first-order valence-electron chi connectivity index (χ1n) is 6.49. The zero-order chi connectivity index (χ0) is 14.1. The molecule has 0 fully saturated rings. The lowest BCUT2D eigenvalue weighted by molar-refractivity contribution is -0.127. The van der Waals surface area contributed by atoms with Crippen LogP contribution in [-0.4, -0.2) is 24.8 Å². The minimum Gasteiger partial charge on any atom is -0.490 e. The predicted molar refractivity (Wildman–Crippen MR) is 72.6 cm³/mol. The van der Waals surface area contributed by atoms with E-state index in [1.165, 1.54) is 6.92 Å². The van der Waals surface area contributed by atoms with E-state index in [1.807, 2.05) is 12.1 Å². The van der Waals surface area contributed by atoms with Gasteiger partial charge in [-0.15, -0.1) is 0 Å². The molecule has 0 amide bonds. The summed E-state index contributed by atoms with van der Waals surface area (Å²) in [5.41, 5.74) is 0. The van der Waals surface area contributed by atoms with Gasteiger partial charge in [-0.3, -0.25) is 9.59 Å². The van der Waals surface area contributed by atoms with E-state index in [0.717, 1.165) is 12.8 Å². The van der Waals surface area contributed by atoms with Crippen LogP contribution in [0.3, 0.4) is 0 Å². The topological polar surface area (TPSA) is 52.6 Å². The Bertz CT molecular complexity index is 426. The van der Waals surface area contributed by atoms with Gasteiger partial charge >= 0.3 is 0 Å². The van der Waals surface area contributed by atoms with Crippen molar-refractivity contribution >= 4 is 11.6 Å². The number of unbranched alkanes of at least 4 members (excludes halogenated alkanes) is 1. The lowest BCUT2D eigenvalue weighted by Gasteiger charge is -2.11. The van der Waals surface area contributed by atoms with Gasteiger partial charge in [-0.05, 0) is 25.5 Å². The van der Waals surface area contributed by atoms with Gasteiger partial charge in [0.05, 0.1) is 13.0 Å². The number of carbonyl (C=O) groups excluding carboxylic acids is 2. The van der Waals surface area contributed by atoms with Crippen molar-refractivity contribution in [3.63, 3.8) is 0 Å². The second-order valence-electron chi connectivity index (χ2n) is 4.35. The lowest BCUT2D eigenvalue weighted by Crippen LogP contribution is -2.14. The Labute approximate surface area is 113 Å². The number of ether oxygens (including phenoxy) is 2. The van der Waals surface area contributed by atoms with Crippen LogP contribution in [-0.2, 0) is 9.59 Å². The average molecular weight is 264 g/mol. The average Bonchev–Trinajstić information content (AvgIpc) is 2.37.